The van der Waals surface area contributed by atoms with Crippen LogP contribution in [0.25, 0.3) is 0 Å². The summed E-state index contributed by atoms with van der Waals surface area (Å²) in [5.41, 5.74) is 1.78. The van der Waals surface area contributed by atoms with Gasteiger partial charge in [0.2, 0.25) is 0 Å². The molecule has 0 unspecified atom stereocenters. The maximum absolute atomic E-state index is 13.6. The minimum absolute atomic E-state index is 0.170. The molecule has 0 spiro atoms. The van der Waals surface area contributed by atoms with Crippen LogP contribution in [-0.4, -0.2) is 37.6 Å². The summed E-state index contributed by atoms with van der Waals surface area (Å²) in [5, 5.41) is 6.46. The number of aliphatic imine (C=N–C) groups is 1. The number of pyridine rings is 1. The van der Waals surface area contributed by atoms with Crippen LogP contribution in [0.5, 0.6) is 0 Å². The zero-order valence-corrected chi connectivity index (χ0v) is 15.8. The van der Waals surface area contributed by atoms with Crippen molar-refractivity contribution in [3.8, 4) is 0 Å². The van der Waals surface area contributed by atoms with Crippen LogP contribution < -0.4 is 15.5 Å². The van der Waals surface area contributed by atoms with Crippen LogP contribution in [0.1, 0.15) is 25.0 Å². The van der Waals surface area contributed by atoms with Crippen LogP contribution in [0.15, 0.2) is 47.6 Å². The van der Waals surface area contributed by atoms with Crippen molar-refractivity contribution >= 4 is 11.8 Å². The Hall–Kier alpha value is -2.63. The van der Waals surface area contributed by atoms with Gasteiger partial charge >= 0.3 is 0 Å². The van der Waals surface area contributed by atoms with Gasteiger partial charge < -0.3 is 15.5 Å². The van der Waals surface area contributed by atoms with Gasteiger partial charge in [0.1, 0.15) is 11.6 Å². The van der Waals surface area contributed by atoms with E-state index in [9.17, 15) is 4.39 Å². The summed E-state index contributed by atoms with van der Waals surface area (Å²) < 4.78 is 13.6. The fourth-order valence-electron chi connectivity index (χ4n) is 2.68. The quantitative estimate of drug-likeness (QED) is 0.563. The Morgan fingerprint density at radius 1 is 1.12 bits per heavy atom. The van der Waals surface area contributed by atoms with Crippen LogP contribution in [0, 0.1) is 5.82 Å². The lowest BCUT2D eigenvalue weighted by Crippen LogP contribution is -2.38. The Labute approximate surface area is 155 Å². The highest BCUT2D eigenvalue weighted by molar-refractivity contribution is 5.79. The number of anilines is 1. The summed E-state index contributed by atoms with van der Waals surface area (Å²) in [6, 6.07) is 10.9. The smallest absolute Gasteiger partial charge is 0.191 e. The van der Waals surface area contributed by atoms with Crippen LogP contribution in [0.2, 0.25) is 0 Å². The number of benzene rings is 1. The summed E-state index contributed by atoms with van der Waals surface area (Å²) in [6.07, 6.45) is 2.49. The normalized spacial score (nSPS) is 11.3. The molecule has 0 bridgehead atoms. The van der Waals surface area contributed by atoms with Gasteiger partial charge in [-0.05, 0) is 43.5 Å². The highest BCUT2D eigenvalue weighted by Crippen LogP contribution is 2.10. The number of hydrogen-bond acceptors (Lipinski definition) is 3. The van der Waals surface area contributed by atoms with Crippen LogP contribution in [0.3, 0.4) is 0 Å². The molecular weight excluding hydrogens is 329 g/mol. The van der Waals surface area contributed by atoms with Gasteiger partial charge in [0.25, 0.3) is 0 Å². The number of nitrogens with zero attached hydrogens (tertiary/aromatic N) is 3. The van der Waals surface area contributed by atoms with E-state index in [4.69, 9.17) is 0 Å². The van der Waals surface area contributed by atoms with E-state index in [0.29, 0.717) is 31.0 Å². The Bertz CT molecular complexity index is 696. The minimum atomic E-state index is -0.170. The van der Waals surface area contributed by atoms with Crippen LogP contribution in [-0.2, 0) is 13.0 Å². The number of halogens is 1. The fraction of sp³-hybridized carbons (Fsp3) is 0.400. The van der Waals surface area contributed by atoms with Crippen molar-refractivity contribution in [2.75, 3.05) is 31.6 Å². The molecule has 0 fully saturated rings. The van der Waals surface area contributed by atoms with Gasteiger partial charge in [-0.1, -0.05) is 24.3 Å². The first-order valence-electron chi connectivity index (χ1n) is 9.05. The number of guanidine groups is 1. The van der Waals surface area contributed by atoms with E-state index in [1.807, 2.05) is 18.3 Å². The molecule has 0 amide bonds. The molecule has 0 aliphatic carbocycles. The van der Waals surface area contributed by atoms with Crippen molar-refractivity contribution in [2.45, 2.75) is 26.8 Å². The molecule has 1 aromatic carbocycles. The first-order valence-corrected chi connectivity index (χ1v) is 9.05. The molecule has 0 radical (unpaired) electrons. The van der Waals surface area contributed by atoms with Gasteiger partial charge in [0.05, 0.1) is 0 Å². The van der Waals surface area contributed by atoms with Crippen molar-refractivity contribution in [1.82, 2.24) is 15.6 Å². The number of hydrogen-bond donors (Lipinski definition) is 2. The van der Waals surface area contributed by atoms with Crippen molar-refractivity contribution in [3.63, 3.8) is 0 Å². The zero-order chi connectivity index (χ0) is 18.8. The molecule has 2 rings (SSSR count). The predicted octanol–water partition coefficient (Wildman–Crippen LogP) is 2.97. The highest BCUT2D eigenvalue weighted by Gasteiger charge is 2.04. The average molecular weight is 357 g/mol. The molecule has 0 atom stereocenters. The molecule has 1 aromatic heterocycles. The molecule has 0 saturated carbocycles. The van der Waals surface area contributed by atoms with Gasteiger partial charge in [-0.2, -0.15) is 0 Å². The maximum atomic E-state index is 13.6. The molecular formula is C20H28FN5. The van der Waals surface area contributed by atoms with Gasteiger partial charge in [-0.15, -0.1) is 0 Å². The van der Waals surface area contributed by atoms with Crippen molar-refractivity contribution in [2.24, 2.45) is 4.99 Å². The molecule has 140 valence electrons. The zero-order valence-electron chi connectivity index (χ0n) is 15.8. The molecule has 2 N–H and O–H groups in total. The Balaban J connectivity index is 1.80. The first kappa shape index (κ1) is 19.7. The Kier molecular flexibility index (Phi) is 7.86. The summed E-state index contributed by atoms with van der Waals surface area (Å²) >= 11 is 0. The van der Waals surface area contributed by atoms with E-state index >= 15 is 0 Å². The monoisotopic (exact) mass is 357 g/mol. The van der Waals surface area contributed by atoms with Crippen molar-refractivity contribution in [1.29, 1.82) is 0 Å². The Morgan fingerprint density at radius 3 is 2.50 bits per heavy atom. The summed E-state index contributed by atoms with van der Waals surface area (Å²) in [7, 11) is 1.72. The number of rotatable bonds is 8. The second-order valence-corrected chi connectivity index (χ2v) is 5.89. The average Bonchev–Trinajstić information content (AvgIpc) is 2.68. The van der Waals surface area contributed by atoms with Gasteiger partial charge in [-0.3, -0.25) is 4.99 Å². The van der Waals surface area contributed by atoms with Gasteiger partial charge in [0.15, 0.2) is 5.96 Å². The lowest BCUT2D eigenvalue weighted by atomic mass is 10.1. The predicted molar refractivity (Wildman–Crippen MR) is 106 cm³/mol. The maximum Gasteiger partial charge on any atom is 0.191 e. The molecule has 5 nitrogen and oxygen atoms in total. The SMILES string of the molecule is CCN(CC)c1ccc(CNC(=NC)NCCc2ccccc2F)cn1. The second kappa shape index (κ2) is 10.4. The van der Waals surface area contributed by atoms with E-state index in [-0.39, 0.29) is 5.82 Å². The molecule has 0 saturated heterocycles. The number of aromatic nitrogens is 1. The van der Waals surface area contributed by atoms with E-state index in [1.54, 1.807) is 19.2 Å². The summed E-state index contributed by atoms with van der Waals surface area (Å²) in [4.78, 5) is 10.9. The molecule has 6 heteroatoms. The molecule has 0 aliphatic heterocycles. The fourth-order valence-corrected chi connectivity index (χ4v) is 2.68. The minimum Gasteiger partial charge on any atom is -0.357 e. The molecule has 1 heterocycles. The largest absolute Gasteiger partial charge is 0.357 e. The molecule has 2 aromatic rings. The van der Waals surface area contributed by atoms with E-state index in [1.165, 1.54) is 6.07 Å². The van der Waals surface area contributed by atoms with E-state index in [0.717, 1.165) is 24.5 Å². The van der Waals surface area contributed by atoms with Gasteiger partial charge in [-0.25, -0.2) is 9.37 Å². The Morgan fingerprint density at radius 2 is 1.88 bits per heavy atom. The number of nitrogens with one attached hydrogen (secondary N) is 2. The second-order valence-electron chi connectivity index (χ2n) is 5.89. The summed E-state index contributed by atoms with van der Waals surface area (Å²) in [5.74, 6) is 1.51. The third-order valence-electron chi connectivity index (χ3n) is 4.22. The summed E-state index contributed by atoms with van der Waals surface area (Å²) in [6.45, 7) is 7.37. The van der Waals surface area contributed by atoms with Crippen LogP contribution in [0.4, 0.5) is 10.2 Å². The topological polar surface area (TPSA) is 52.5 Å². The van der Waals surface area contributed by atoms with Crippen LogP contribution >= 0.6 is 0 Å². The van der Waals surface area contributed by atoms with Crippen molar-refractivity contribution < 1.29 is 4.39 Å². The lowest BCUT2D eigenvalue weighted by Gasteiger charge is -2.19. The standard InChI is InChI=1S/C20H28FN5/c1-4-26(5-2)19-11-10-16(14-24-19)15-25-20(22-3)23-13-12-17-8-6-7-9-18(17)21/h6-11,14H,4-5,12-13,15H2,1-3H3,(H2,22,23,25). The van der Waals surface area contributed by atoms with Gasteiger partial charge in [0, 0.05) is 39.4 Å². The first-order chi connectivity index (χ1) is 12.7. The van der Waals surface area contributed by atoms with Crippen molar-refractivity contribution in [3.05, 3.63) is 59.5 Å². The third-order valence-corrected chi connectivity index (χ3v) is 4.22. The highest BCUT2D eigenvalue weighted by atomic mass is 19.1. The lowest BCUT2D eigenvalue weighted by molar-refractivity contribution is 0.606. The van der Waals surface area contributed by atoms with E-state index in [2.05, 4.69) is 45.4 Å². The third kappa shape index (κ3) is 5.72. The molecule has 26 heavy (non-hydrogen) atoms. The molecule has 0 aliphatic rings. The van der Waals surface area contributed by atoms with E-state index < -0.39 is 0 Å².